The molecule has 0 saturated heterocycles. The fourth-order valence-electron chi connectivity index (χ4n) is 7.25. The number of nitrogens with zero attached hydrogens (tertiary/aromatic N) is 4. The number of nitrogens with one attached hydrogen (secondary N) is 4. The number of imidazole rings is 1. The van der Waals surface area contributed by atoms with Gasteiger partial charge in [-0.2, -0.15) is 0 Å². The lowest BCUT2D eigenvalue weighted by Crippen LogP contribution is -2.22. The lowest BCUT2D eigenvalue weighted by atomic mass is 9.94. The molecule has 2 aromatic carbocycles. The van der Waals surface area contributed by atoms with Crippen molar-refractivity contribution in [3.63, 3.8) is 0 Å². The summed E-state index contributed by atoms with van der Waals surface area (Å²) in [6, 6.07) is 9.78. The Hall–Kier alpha value is -6.27. The highest BCUT2D eigenvalue weighted by molar-refractivity contribution is 7.17. The molecule has 3 heterocycles. The topological polar surface area (TPSA) is 235 Å². The first kappa shape index (κ1) is 43.3. The third-order valence-corrected chi connectivity index (χ3v) is 12.2. The second-order valence-electron chi connectivity index (χ2n) is 14.9. The number of thiazole rings is 2. The molecular weight excluding hydrogens is 809 g/mol. The Bertz CT molecular complexity index is 2410. The Balaban J connectivity index is 0.000000209. The number of rotatable bonds is 13. The van der Waals surface area contributed by atoms with Gasteiger partial charge in [0.2, 0.25) is 0 Å². The summed E-state index contributed by atoms with van der Waals surface area (Å²) in [6.07, 6.45) is 13.3. The van der Waals surface area contributed by atoms with Crippen molar-refractivity contribution in [3.8, 4) is 0 Å². The summed E-state index contributed by atoms with van der Waals surface area (Å²) in [7, 11) is 1.76. The van der Waals surface area contributed by atoms with Crippen LogP contribution in [0.1, 0.15) is 114 Å². The van der Waals surface area contributed by atoms with Gasteiger partial charge in [0.05, 0.1) is 17.6 Å². The van der Waals surface area contributed by atoms with Crippen LogP contribution in [0.15, 0.2) is 55.0 Å². The van der Waals surface area contributed by atoms with Gasteiger partial charge >= 0.3 is 24.0 Å². The van der Waals surface area contributed by atoms with Crippen LogP contribution in [-0.4, -0.2) is 65.3 Å². The molecule has 0 bridgehead atoms. The molecule has 0 spiro atoms. The van der Waals surface area contributed by atoms with Crippen LogP contribution in [-0.2, 0) is 19.9 Å². The number of carboxylic acid groups (broad SMARTS) is 2. The number of anilines is 4. The lowest BCUT2D eigenvalue weighted by Gasteiger charge is -2.14. The van der Waals surface area contributed by atoms with E-state index in [1.54, 1.807) is 36.0 Å². The second-order valence-corrected chi connectivity index (χ2v) is 17.0. The van der Waals surface area contributed by atoms with Crippen LogP contribution in [0, 0.1) is 25.7 Å². The highest BCUT2D eigenvalue weighted by Crippen LogP contribution is 2.33. The van der Waals surface area contributed by atoms with Crippen molar-refractivity contribution in [2.75, 3.05) is 21.3 Å². The molecule has 3 aromatic heterocycles. The fraction of sp³-hybridized carbons (Fsp3) is 0.357. The SMILES string of the molecule is Cc1ccc(NC(=O)Nc2ncc(C(=O)O)s2)c(C(=O)C2CCCC2)c1.Cc1ccc(NC(=O)Nc2ncc(CCc3nc(C(=O)O)cn3C)s2)c(C(=O)C2CCCC2)c1. The number of carboxylic acids is 2. The van der Waals surface area contributed by atoms with Gasteiger partial charge in [-0.05, 0) is 70.2 Å². The van der Waals surface area contributed by atoms with E-state index in [9.17, 15) is 28.8 Å². The third kappa shape index (κ3) is 11.3. The zero-order valence-corrected chi connectivity index (χ0v) is 35.0. The minimum Gasteiger partial charge on any atom is -0.477 e. The van der Waals surface area contributed by atoms with E-state index >= 15 is 0 Å². The maximum atomic E-state index is 13.0. The largest absolute Gasteiger partial charge is 0.477 e. The number of hydrogen-bond donors (Lipinski definition) is 6. The molecule has 2 aliphatic rings. The van der Waals surface area contributed by atoms with E-state index in [0.29, 0.717) is 46.3 Å². The molecule has 0 radical (unpaired) electrons. The summed E-state index contributed by atoms with van der Waals surface area (Å²) in [5, 5.41) is 29.3. The van der Waals surface area contributed by atoms with Gasteiger partial charge in [0.25, 0.3) is 0 Å². The van der Waals surface area contributed by atoms with E-state index in [0.717, 1.165) is 78.7 Å². The quantitative estimate of drug-likeness (QED) is 0.0612. The predicted molar refractivity (Wildman–Crippen MR) is 229 cm³/mol. The van der Waals surface area contributed by atoms with Crippen LogP contribution in [0.3, 0.4) is 0 Å². The van der Waals surface area contributed by atoms with E-state index in [4.69, 9.17) is 10.2 Å². The van der Waals surface area contributed by atoms with E-state index in [2.05, 4.69) is 36.2 Å². The number of aryl methyl sites for hydroxylation is 5. The van der Waals surface area contributed by atoms with E-state index < -0.39 is 24.0 Å². The average molecular weight is 855 g/mol. The molecule has 2 fully saturated rings. The normalized spacial score (nSPS) is 13.9. The smallest absolute Gasteiger partial charge is 0.356 e. The van der Waals surface area contributed by atoms with Crippen molar-refractivity contribution in [1.29, 1.82) is 0 Å². The molecule has 0 aliphatic heterocycles. The monoisotopic (exact) mass is 854 g/mol. The van der Waals surface area contributed by atoms with Crippen LogP contribution >= 0.6 is 22.7 Å². The molecule has 314 valence electrons. The average Bonchev–Trinajstić information content (AvgIpc) is 4.07. The molecular formula is C42H46N8O8S2. The van der Waals surface area contributed by atoms with Crippen molar-refractivity contribution in [3.05, 3.63) is 98.5 Å². The lowest BCUT2D eigenvalue weighted by molar-refractivity contribution is 0.0684. The van der Waals surface area contributed by atoms with Gasteiger partial charge in [0.1, 0.15) is 10.7 Å². The van der Waals surface area contributed by atoms with Gasteiger partial charge in [-0.15, -0.1) is 11.3 Å². The number of carbonyl (C=O) groups excluding carboxylic acids is 4. The number of amides is 4. The van der Waals surface area contributed by atoms with Crippen LogP contribution in [0.2, 0.25) is 0 Å². The Kier molecular flexibility index (Phi) is 14.2. The van der Waals surface area contributed by atoms with Gasteiger partial charge < -0.3 is 25.4 Å². The fourth-order valence-corrected chi connectivity index (χ4v) is 8.70. The zero-order chi connectivity index (χ0) is 42.9. The Morgan fingerprint density at radius 1 is 0.683 bits per heavy atom. The van der Waals surface area contributed by atoms with Crippen LogP contribution in [0.25, 0.3) is 0 Å². The molecule has 60 heavy (non-hydrogen) atoms. The number of benzene rings is 2. The minimum absolute atomic E-state index is 0.0116. The maximum Gasteiger partial charge on any atom is 0.356 e. The van der Waals surface area contributed by atoms with Gasteiger partial charge in [-0.3, -0.25) is 20.2 Å². The summed E-state index contributed by atoms with van der Waals surface area (Å²) in [5.41, 5.74) is 3.95. The highest BCUT2D eigenvalue weighted by Gasteiger charge is 2.28. The predicted octanol–water partition coefficient (Wildman–Crippen LogP) is 8.85. The number of Topliss-reactive ketones (excluding diaryl/α,β-unsaturated/α-hetero) is 2. The van der Waals surface area contributed by atoms with Gasteiger partial charge in [0.15, 0.2) is 27.5 Å². The molecule has 18 heteroatoms. The van der Waals surface area contributed by atoms with E-state index in [1.807, 2.05) is 32.0 Å². The Morgan fingerprint density at radius 2 is 1.18 bits per heavy atom. The minimum atomic E-state index is -1.10. The van der Waals surface area contributed by atoms with Crippen molar-refractivity contribution >= 4 is 79.9 Å². The summed E-state index contributed by atoms with van der Waals surface area (Å²) in [5.74, 6) is -1.30. The van der Waals surface area contributed by atoms with Crippen molar-refractivity contribution in [2.24, 2.45) is 18.9 Å². The summed E-state index contributed by atoms with van der Waals surface area (Å²) >= 11 is 2.20. The number of aromatic nitrogens is 4. The number of hydrogen-bond acceptors (Lipinski definition) is 11. The van der Waals surface area contributed by atoms with Crippen LogP contribution in [0.5, 0.6) is 0 Å². The van der Waals surface area contributed by atoms with Gasteiger partial charge in [-0.25, -0.2) is 34.1 Å². The van der Waals surface area contributed by atoms with Crippen molar-refractivity contribution in [1.82, 2.24) is 19.5 Å². The van der Waals surface area contributed by atoms with Gasteiger partial charge in [0, 0.05) is 53.7 Å². The number of urea groups is 2. The summed E-state index contributed by atoms with van der Waals surface area (Å²) < 4.78 is 1.70. The van der Waals surface area contributed by atoms with Crippen molar-refractivity contribution < 1.29 is 39.0 Å². The van der Waals surface area contributed by atoms with Gasteiger partial charge in [-0.1, -0.05) is 60.3 Å². The first-order chi connectivity index (χ1) is 28.7. The van der Waals surface area contributed by atoms with E-state index in [-0.39, 0.29) is 39.1 Å². The summed E-state index contributed by atoms with van der Waals surface area (Å²) in [4.78, 5) is 85.8. The molecule has 2 aliphatic carbocycles. The molecule has 0 unspecified atom stereocenters. The molecule has 16 nitrogen and oxygen atoms in total. The summed E-state index contributed by atoms with van der Waals surface area (Å²) in [6.45, 7) is 3.83. The molecule has 4 amide bonds. The first-order valence-corrected chi connectivity index (χ1v) is 21.2. The molecule has 5 aromatic rings. The molecule has 2 saturated carbocycles. The first-order valence-electron chi connectivity index (χ1n) is 19.6. The van der Waals surface area contributed by atoms with Crippen LogP contribution < -0.4 is 21.3 Å². The van der Waals surface area contributed by atoms with E-state index in [1.165, 1.54) is 23.7 Å². The maximum absolute atomic E-state index is 13.0. The molecule has 7 rings (SSSR count). The van der Waals surface area contributed by atoms with Crippen LogP contribution in [0.4, 0.5) is 31.2 Å². The third-order valence-electron chi connectivity index (χ3n) is 10.3. The van der Waals surface area contributed by atoms with Crippen molar-refractivity contribution in [2.45, 2.75) is 78.1 Å². The number of ketones is 2. The highest BCUT2D eigenvalue weighted by atomic mass is 32.1. The number of carbonyl (C=O) groups is 6. The standard InChI is InChI=1S/C24H27N5O4S.C18H19N3O4S/c1-14-7-9-18(17(11-14)21(30)15-5-3-4-6-15)27-23(33)28-24-25-12-16(34-24)8-10-20-26-19(22(31)32)13-29(20)2;1-10-6-7-13(12(8-10)15(22)11-4-2-3-5-11)20-17(25)21-18-19-9-14(26-18)16(23)24/h7,9,11-13,15H,3-6,8,10H2,1-2H3,(H,31,32)(H2,25,27,28,33);6-9,11H,2-5H2,1H3,(H,23,24)(H2,19,20,21,25). The Labute approximate surface area is 353 Å². The number of aromatic carboxylic acids is 2. The zero-order valence-electron chi connectivity index (χ0n) is 33.4. The molecule has 6 N–H and O–H groups in total. The molecule has 0 atom stereocenters. The second kappa shape index (κ2) is 19.7. The Morgan fingerprint density at radius 3 is 1.65 bits per heavy atom.